The molecule has 0 aromatic heterocycles. The van der Waals surface area contributed by atoms with Gasteiger partial charge in [-0.15, -0.1) is 0 Å². The number of hydrogen-bond acceptors (Lipinski definition) is 4. The summed E-state index contributed by atoms with van der Waals surface area (Å²) < 4.78 is 25.6. The van der Waals surface area contributed by atoms with Gasteiger partial charge >= 0.3 is 0 Å². The molecule has 1 saturated heterocycles. The first-order valence-corrected chi connectivity index (χ1v) is 9.50. The summed E-state index contributed by atoms with van der Waals surface area (Å²) in [6, 6.07) is 7.46. The van der Waals surface area contributed by atoms with Crippen molar-refractivity contribution in [3.8, 4) is 0 Å². The maximum atomic E-state index is 12.5. The van der Waals surface area contributed by atoms with Gasteiger partial charge in [0.2, 0.25) is 10.0 Å². The molecule has 0 aliphatic carbocycles. The topological polar surface area (TPSA) is 60.9 Å². The van der Waals surface area contributed by atoms with Gasteiger partial charge in [-0.2, -0.15) is 4.31 Å². The van der Waals surface area contributed by atoms with Gasteiger partial charge in [-0.3, -0.25) is 4.79 Å². The fraction of sp³-hybridized carbons (Fsp3) is 0.562. The van der Waals surface area contributed by atoms with E-state index in [0.717, 1.165) is 5.69 Å². The van der Waals surface area contributed by atoms with Crippen molar-refractivity contribution in [2.75, 3.05) is 50.9 Å². The quantitative estimate of drug-likeness (QED) is 0.810. The van der Waals surface area contributed by atoms with Crippen molar-refractivity contribution in [1.29, 1.82) is 0 Å². The number of anilines is 1. The van der Waals surface area contributed by atoms with Crippen LogP contribution in [0.1, 0.15) is 23.7 Å². The monoisotopic (exact) mass is 339 g/mol. The van der Waals surface area contributed by atoms with Gasteiger partial charge in [-0.25, -0.2) is 8.42 Å². The van der Waals surface area contributed by atoms with E-state index in [1.807, 2.05) is 50.2 Å². The van der Waals surface area contributed by atoms with Gasteiger partial charge in [0.25, 0.3) is 5.91 Å². The van der Waals surface area contributed by atoms with Crippen LogP contribution in [0.25, 0.3) is 0 Å². The Kier molecular flexibility index (Phi) is 5.64. The minimum absolute atomic E-state index is 0.0390. The number of hydrogen-bond donors (Lipinski definition) is 0. The van der Waals surface area contributed by atoms with E-state index in [1.54, 1.807) is 4.90 Å². The Bertz CT molecular complexity index is 633. The van der Waals surface area contributed by atoms with Crippen molar-refractivity contribution in [3.63, 3.8) is 0 Å². The van der Waals surface area contributed by atoms with Gasteiger partial charge in [-0.05, 0) is 30.7 Å². The molecule has 6 nitrogen and oxygen atoms in total. The molecule has 1 amide bonds. The van der Waals surface area contributed by atoms with Gasteiger partial charge in [-0.1, -0.05) is 6.92 Å². The van der Waals surface area contributed by atoms with E-state index in [4.69, 9.17) is 0 Å². The SMILES string of the molecule is CCCS(=O)(=O)N1CCN(C(=O)c2ccc(N(C)C)cc2)CC1. The summed E-state index contributed by atoms with van der Waals surface area (Å²) in [5.41, 5.74) is 1.68. The minimum atomic E-state index is -3.17. The van der Waals surface area contributed by atoms with E-state index >= 15 is 0 Å². The number of carbonyl (C=O) groups is 1. The van der Waals surface area contributed by atoms with Crippen molar-refractivity contribution in [2.45, 2.75) is 13.3 Å². The lowest BCUT2D eigenvalue weighted by molar-refractivity contribution is 0.0698. The molecular formula is C16H25N3O3S. The van der Waals surface area contributed by atoms with E-state index in [9.17, 15) is 13.2 Å². The van der Waals surface area contributed by atoms with Crippen LogP contribution in [0.2, 0.25) is 0 Å². The lowest BCUT2D eigenvalue weighted by Gasteiger charge is -2.34. The molecule has 128 valence electrons. The molecule has 1 fully saturated rings. The zero-order valence-electron chi connectivity index (χ0n) is 14.0. The van der Waals surface area contributed by atoms with Crippen molar-refractivity contribution >= 4 is 21.6 Å². The number of amides is 1. The second-order valence-electron chi connectivity index (χ2n) is 5.95. The molecule has 1 aromatic carbocycles. The largest absolute Gasteiger partial charge is 0.378 e. The number of benzene rings is 1. The summed E-state index contributed by atoms with van der Waals surface area (Å²) in [5, 5.41) is 0. The highest BCUT2D eigenvalue weighted by Gasteiger charge is 2.28. The highest BCUT2D eigenvalue weighted by atomic mass is 32.2. The Hall–Kier alpha value is -1.60. The summed E-state index contributed by atoms with van der Waals surface area (Å²) in [6.45, 7) is 3.50. The average molecular weight is 339 g/mol. The Labute approximate surface area is 138 Å². The average Bonchev–Trinajstić information content (AvgIpc) is 2.54. The first-order valence-electron chi connectivity index (χ1n) is 7.89. The zero-order chi connectivity index (χ0) is 17.0. The molecule has 0 N–H and O–H groups in total. The van der Waals surface area contributed by atoms with Crippen LogP contribution >= 0.6 is 0 Å². The Balaban J connectivity index is 1.98. The molecule has 0 atom stereocenters. The third-order valence-corrected chi connectivity index (χ3v) is 6.09. The van der Waals surface area contributed by atoms with E-state index in [1.165, 1.54) is 4.31 Å². The second-order valence-corrected chi connectivity index (χ2v) is 8.04. The molecule has 0 spiro atoms. The molecule has 0 unspecified atom stereocenters. The van der Waals surface area contributed by atoms with E-state index in [0.29, 0.717) is 38.2 Å². The maximum Gasteiger partial charge on any atom is 0.253 e. The molecule has 23 heavy (non-hydrogen) atoms. The summed E-state index contributed by atoms with van der Waals surface area (Å²) in [4.78, 5) is 16.2. The van der Waals surface area contributed by atoms with Crippen LogP contribution in [-0.4, -0.2) is 69.6 Å². The smallest absolute Gasteiger partial charge is 0.253 e. The van der Waals surface area contributed by atoms with Gasteiger partial charge in [0.15, 0.2) is 0 Å². The van der Waals surface area contributed by atoms with Crippen molar-refractivity contribution in [3.05, 3.63) is 29.8 Å². The number of sulfonamides is 1. The van der Waals surface area contributed by atoms with Crippen molar-refractivity contribution in [2.24, 2.45) is 0 Å². The molecule has 2 rings (SSSR count). The third kappa shape index (κ3) is 4.23. The first kappa shape index (κ1) is 17.7. The second kappa shape index (κ2) is 7.31. The Morgan fingerprint density at radius 2 is 1.65 bits per heavy atom. The summed E-state index contributed by atoms with van der Waals surface area (Å²) in [5.74, 6) is 0.135. The number of nitrogens with zero attached hydrogens (tertiary/aromatic N) is 3. The third-order valence-electron chi connectivity index (χ3n) is 4.01. The van der Waals surface area contributed by atoms with Gasteiger partial charge in [0.05, 0.1) is 5.75 Å². The van der Waals surface area contributed by atoms with Crippen molar-refractivity contribution < 1.29 is 13.2 Å². The molecule has 1 aromatic rings. The first-order chi connectivity index (χ1) is 10.8. The number of carbonyl (C=O) groups excluding carboxylic acids is 1. The normalized spacial score (nSPS) is 16.4. The molecular weight excluding hydrogens is 314 g/mol. The van der Waals surface area contributed by atoms with Crippen LogP contribution in [-0.2, 0) is 10.0 Å². The Morgan fingerprint density at radius 1 is 1.09 bits per heavy atom. The van der Waals surface area contributed by atoms with Crippen LogP contribution < -0.4 is 4.90 Å². The Morgan fingerprint density at radius 3 is 2.13 bits per heavy atom. The molecule has 7 heteroatoms. The summed E-state index contributed by atoms with van der Waals surface area (Å²) in [7, 11) is 0.730. The molecule has 0 saturated carbocycles. The molecule has 0 radical (unpaired) electrons. The van der Waals surface area contributed by atoms with Crippen LogP contribution in [0.4, 0.5) is 5.69 Å². The standard InChI is InChI=1S/C16H25N3O3S/c1-4-13-23(21,22)19-11-9-18(10-12-19)16(20)14-5-7-15(8-6-14)17(2)3/h5-8H,4,9-13H2,1-3H3. The van der Waals surface area contributed by atoms with E-state index in [-0.39, 0.29) is 11.7 Å². The lowest BCUT2D eigenvalue weighted by atomic mass is 10.1. The van der Waals surface area contributed by atoms with Gasteiger partial charge in [0, 0.05) is 51.5 Å². The van der Waals surface area contributed by atoms with E-state index in [2.05, 4.69) is 0 Å². The zero-order valence-corrected chi connectivity index (χ0v) is 14.8. The predicted octanol–water partition coefficient (Wildman–Crippen LogP) is 1.25. The highest BCUT2D eigenvalue weighted by Crippen LogP contribution is 2.16. The lowest BCUT2D eigenvalue weighted by Crippen LogP contribution is -2.51. The number of piperazine rings is 1. The van der Waals surface area contributed by atoms with Crippen LogP contribution in [0.15, 0.2) is 24.3 Å². The van der Waals surface area contributed by atoms with Crippen LogP contribution in [0, 0.1) is 0 Å². The number of rotatable bonds is 5. The summed E-state index contributed by atoms with van der Waals surface area (Å²) in [6.07, 6.45) is 0.611. The van der Waals surface area contributed by atoms with Crippen LogP contribution in [0.3, 0.4) is 0 Å². The predicted molar refractivity (Wildman–Crippen MR) is 92.3 cm³/mol. The van der Waals surface area contributed by atoms with Crippen LogP contribution in [0.5, 0.6) is 0 Å². The maximum absolute atomic E-state index is 12.5. The van der Waals surface area contributed by atoms with Crippen molar-refractivity contribution in [1.82, 2.24) is 9.21 Å². The molecule has 0 bridgehead atoms. The molecule has 1 aliphatic heterocycles. The minimum Gasteiger partial charge on any atom is -0.378 e. The van der Waals surface area contributed by atoms with Gasteiger partial charge < -0.3 is 9.80 Å². The highest BCUT2D eigenvalue weighted by molar-refractivity contribution is 7.89. The summed E-state index contributed by atoms with van der Waals surface area (Å²) >= 11 is 0. The molecule has 1 aliphatic rings. The van der Waals surface area contributed by atoms with Gasteiger partial charge in [0.1, 0.15) is 0 Å². The van der Waals surface area contributed by atoms with E-state index < -0.39 is 10.0 Å². The fourth-order valence-electron chi connectivity index (χ4n) is 2.64. The molecule has 1 heterocycles. The fourth-order valence-corrected chi connectivity index (χ4v) is 4.13.